The van der Waals surface area contributed by atoms with Crippen molar-refractivity contribution >= 4 is 30.1 Å². The molecule has 0 bridgehead atoms. The molecule has 2 atom stereocenters. The highest BCUT2D eigenvalue weighted by Crippen LogP contribution is 2.48. The lowest BCUT2D eigenvalue weighted by Crippen LogP contribution is -2.32. The second kappa shape index (κ2) is 4.54. The van der Waals surface area contributed by atoms with Gasteiger partial charge >= 0.3 is 0 Å². The number of halogens is 1. The number of alkyl halides is 1. The normalized spacial score (nSPS) is 35.3. The van der Waals surface area contributed by atoms with Gasteiger partial charge in [-0.2, -0.15) is 12.6 Å². The topological polar surface area (TPSA) is 20.3 Å². The van der Waals surface area contributed by atoms with Gasteiger partial charge < -0.3 is 4.90 Å². The first-order valence-corrected chi connectivity index (χ1v) is 6.80. The largest absolute Gasteiger partial charge is 0.341 e. The van der Waals surface area contributed by atoms with Crippen LogP contribution in [0.1, 0.15) is 25.7 Å². The summed E-state index contributed by atoms with van der Waals surface area (Å²) in [6.45, 7) is 1.84. The van der Waals surface area contributed by atoms with Gasteiger partial charge in [-0.3, -0.25) is 4.79 Å². The van der Waals surface area contributed by atoms with Crippen molar-refractivity contribution in [2.45, 2.75) is 25.7 Å². The highest BCUT2D eigenvalue weighted by Gasteiger charge is 2.44. The number of nitrogens with zero attached hydrogens (tertiary/aromatic N) is 1. The number of hydrogen-bond acceptors (Lipinski definition) is 2. The van der Waals surface area contributed by atoms with Crippen molar-refractivity contribution in [3.63, 3.8) is 0 Å². The lowest BCUT2D eigenvalue weighted by Gasteiger charge is -2.23. The average Bonchev–Trinajstić information content (AvgIpc) is 2.86. The Morgan fingerprint density at radius 1 is 1.53 bits per heavy atom. The molecular weight excluding hydrogens is 230 g/mol. The van der Waals surface area contributed by atoms with E-state index in [2.05, 4.69) is 12.6 Å². The molecule has 1 amide bonds. The molecule has 0 unspecified atom stereocenters. The summed E-state index contributed by atoms with van der Waals surface area (Å²) in [6, 6.07) is 0. The van der Waals surface area contributed by atoms with Crippen LogP contribution in [0, 0.1) is 11.3 Å². The van der Waals surface area contributed by atoms with Crippen molar-refractivity contribution in [1.82, 2.24) is 4.90 Å². The quantitative estimate of drug-likeness (QED) is 0.586. The number of hydrogen-bond donors (Lipinski definition) is 1. The standard InChI is InChI=1S/C11H18ClNOS/c12-6-10(14)13-4-3-11(8-13)2-1-9(5-11)7-15/h9,15H,1-8H2/t9-,11-/m1/s1. The molecule has 1 saturated heterocycles. The molecule has 1 aliphatic carbocycles. The third-order valence-electron chi connectivity index (χ3n) is 3.97. The number of amides is 1. The van der Waals surface area contributed by atoms with Gasteiger partial charge in [0.25, 0.3) is 0 Å². The Kier molecular flexibility index (Phi) is 3.51. The van der Waals surface area contributed by atoms with E-state index < -0.39 is 0 Å². The number of likely N-dealkylation sites (tertiary alicyclic amines) is 1. The summed E-state index contributed by atoms with van der Waals surface area (Å²) in [5.74, 6) is 1.99. The zero-order valence-corrected chi connectivity index (χ0v) is 10.6. The van der Waals surface area contributed by atoms with Crippen LogP contribution in [0.2, 0.25) is 0 Å². The molecule has 0 aromatic carbocycles. The molecule has 1 saturated carbocycles. The second-order valence-electron chi connectivity index (χ2n) is 4.99. The first-order valence-electron chi connectivity index (χ1n) is 5.64. The minimum atomic E-state index is 0.0999. The van der Waals surface area contributed by atoms with Gasteiger partial charge in [-0.25, -0.2) is 0 Å². The van der Waals surface area contributed by atoms with Crippen molar-refractivity contribution < 1.29 is 4.79 Å². The van der Waals surface area contributed by atoms with Crippen LogP contribution in [0.15, 0.2) is 0 Å². The monoisotopic (exact) mass is 247 g/mol. The Bertz CT molecular complexity index is 261. The van der Waals surface area contributed by atoms with Gasteiger partial charge in [0.1, 0.15) is 5.88 Å². The summed E-state index contributed by atoms with van der Waals surface area (Å²) in [7, 11) is 0. The maximum Gasteiger partial charge on any atom is 0.237 e. The lowest BCUT2D eigenvalue weighted by atomic mass is 9.85. The van der Waals surface area contributed by atoms with E-state index in [1.54, 1.807) is 0 Å². The van der Waals surface area contributed by atoms with Gasteiger partial charge in [0, 0.05) is 13.1 Å². The SMILES string of the molecule is O=C(CCl)N1CC[C@@]2(CC[C@@H](CS)C2)C1. The first-order chi connectivity index (χ1) is 7.19. The minimum Gasteiger partial charge on any atom is -0.341 e. The zero-order valence-electron chi connectivity index (χ0n) is 8.91. The van der Waals surface area contributed by atoms with E-state index in [0.717, 1.165) is 24.8 Å². The molecule has 0 aromatic heterocycles. The molecule has 4 heteroatoms. The van der Waals surface area contributed by atoms with Crippen molar-refractivity contribution in [3.05, 3.63) is 0 Å². The minimum absolute atomic E-state index is 0.0999. The second-order valence-corrected chi connectivity index (χ2v) is 5.62. The molecular formula is C11H18ClNOS. The molecule has 2 rings (SSSR count). The summed E-state index contributed by atoms with van der Waals surface area (Å²) >= 11 is 9.95. The number of carbonyl (C=O) groups excluding carboxylic acids is 1. The van der Waals surface area contributed by atoms with Crippen molar-refractivity contribution in [2.24, 2.45) is 11.3 Å². The van der Waals surface area contributed by atoms with Crippen molar-refractivity contribution in [2.75, 3.05) is 24.7 Å². The van der Waals surface area contributed by atoms with Crippen LogP contribution < -0.4 is 0 Å². The van der Waals surface area contributed by atoms with Crippen molar-refractivity contribution in [1.29, 1.82) is 0 Å². The maximum absolute atomic E-state index is 11.5. The molecule has 2 fully saturated rings. The molecule has 1 heterocycles. The predicted octanol–water partition coefficient (Wildman–Crippen LogP) is 2.17. The van der Waals surface area contributed by atoms with Crippen LogP contribution in [0.3, 0.4) is 0 Å². The van der Waals surface area contributed by atoms with Crippen LogP contribution in [0.5, 0.6) is 0 Å². The van der Waals surface area contributed by atoms with Gasteiger partial charge in [0.15, 0.2) is 0 Å². The Labute approximate surface area is 102 Å². The van der Waals surface area contributed by atoms with Gasteiger partial charge in [0.05, 0.1) is 0 Å². The Morgan fingerprint density at radius 3 is 2.93 bits per heavy atom. The van der Waals surface area contributed by atoms with Crippen LogP contribution in [0.25, 0.3) is 0 Å². The molecule has 0 N–H and O–H groups in total. The van der Waals surface area contributed by atoms with E-state index in [9.17, 15) is 4.79 Å². The fraction of sp³-hybridized carbons (Fsp3) is 0.909. The van der Waals surface area contributed by atoms with Crippen LogP contribution in [-0.4, -0.2) is 35.5 Å². The number of rotatable bonds is 2. The summed E-state index contributed by atoms with van der Waals surface area (Å²) < 4.78 is 0. The molecule has 2 nitrogen and oxygen atoms in total. The fourth-order valence-electron chi connectivity index (χ4n) is 3.09. The molecule has 15 heavy (non-hydrogen) atoms. The van der Waals surface area contributed by atoms with Crippen molar-refractivity contribution in [3.8, 4) is 0 Å². The summed E-state index contributed by atoms with van der Waals surface area (Å²) in [5.41, 5.74) is 0.412. The highest BCUT2D eigenvalue weighted by atomic mass is 35.5. The predicted molar refractivity (Wildman–Crippen MR) is 65.5 cm³/mol. The average molecular weight is 248 g/mol. The van der Waals surface area contributed by atoms with Crippen LogP contribution >= 0.6 is 24.2 Å². The maximum atomic E-state index is 11.5. The zero-order chi connectivity index (χ0) is 10.9. The van der Waals surface area contributed by atoms with Crippen LogP contribution in [0.4, 0.5) is 0 Å². The van der Waals surface area contributed by atoms with Gasteiger partial charge in [-0.15, -0.1) is 11.6 Å². The molecule has 1 spiro atoms. The van der Waals surface area contributed by atoms with Crippen LogP contribution in [-0.2, 0) is 4.79 Å². The Hall–Kier alpha value is 0.110. The molecule has 0 aromatic rings. The Balaban J connectivity index is 1.94. The van der Waals surface area contributed by atoms with Gasteiger partial charge in [0.2, 0.25) is 5.91 Å². The Morgan fingerprint density at radius 2 is 2.33 bits per heavy atom. The van der Waals surface area contributed by atoms with E-state index in [0.29, 0.717) is 5.41 Å². The summed E-state index contributed by atoms with van der Waals surface area (Å²) in [5, 5.41) is 0. The third-order valence-corrected chi connectivity index (χ3v) is 4.71. The van der Waals surface area contributed by atoms with E-state index in [1.807, 2.05) is 4.90 Å². The highest BCUT2D eigenvalue weighted by molar-refractivity contribution is 7.80. The number of thiol groups is 1. The molecule has 2 aliphatic rings. The molecule has 1 aliphatic heterocycles. The van der Waals surface area contributed by atoms with Gasteiger partial charge in [-0.05, 0) is 42.8 Å². The summed E-state index contributed by atoms with van der Waals surface area (Å²) in [4.78, 5) is 13.4. The van der Waals surface area contributed by atoms with E-state index in [4.69, 9.17) is 11.6 Å². The fourth-order valence-corrected chi connectivity index (χ4v) is 3.57. The lowest BCUT2D eigenvalue weighted by molar-refractivity contribution is -0.127. The molecule has 86 valence electrons. The van der Waals surface area contributed by atoms with E-state index in [1.165, 1.54) is 25.7 Å². The smallest absolute Gasteiger partial charge is 0.237 e. The van der Waals surface area contributed by atoms with E-state index >= 15 is 0 Å². The third kappa shape index (κ3) is 2.28. The molecule has 0 radical (unpaired) electrons. The summed E-state index contributed by atoms with van der Waals surface area (Å²) in [6.07, 6.45) is 4.97. The number of carbonyl (C=O) groups is 1. The first kappa shape index (κ1) is 11.6. The van der Waals surface area contributed by atoms with Gasteiger partial charge in [-0.1, -0.05) is 0 Å². The van der Waals surface area contributed by atoms with E-state index in [-0.39, 0.29) is 11.8 Å².